The zero-order valence-corrected chi connectivity index (χ0v) is 15.5. The molecule has 0 aromatic heterocycles. The molecule has 2 aliphatic heterocycles. The summed E-state index contributed by atoms with van der Waals surface area (Å²) in [5.41, 5.74) is 2.37. The number of rotatable bonds is 4. The van der Waals surface area contributed by atoms with Gasteiger partial charge in [-0.1, -0.05) is 29.8 Å². The average molecular weight is 356 g/mol. The van der Waals surface area contributed by atoms with Crippen molar-refractivity contribution in [3.63, 3.8) is 0 Å². The lowest BCUT2D eigenvalue weighted by Gasteiger charge is -2.37. The third-order valence-electron chi connectivity index (χ3n) is 5.85. The minimum atomic E-state index is -0.151. The Hall–Kier alpha value is -1.88. The van der Waals surface area contributed by atoms with Crippen molar-refractivity contribution in [1.82, 2.24) is 9.80 Å². The van der Waals surface area contributed by atoms with Gasteiger partial charge in [-0.05, 0) is 37.7 Å². The van der Waals surface area contributed by atoms with Crippen molar-refractivity contribution in [2.24, 2.45) is 11.8 Å². The number of nitrogens with zero attached hydrogens (tertiary/aromatic N) is 2. The van der Waals surface area contributed by atoms with Gasteiger partial charge in [0.15, 0.2) is 0 Å². The molecule has 140 valence electrons. The van der Waals surface area contributed by atoms with Gasteiger partial charge in [0, 0.05) is 32.6 Å². The Labute approximate surface area is 155 Å². The molecular formula is C21H28N2O3. The predicted molar refractivity (Wildman–Crippen MR) is 98.4 cm³/mol. The Morgan fingerprint density at radius 1 is 1.23 bits per heavy atom. The highest BCUT2D eigenvalue weighted by molar-refractivity contribution is 5.81. The number of aryl methyl sites for hydroxylation is 1. The maximum absolute atomic E-state index is 13.1. The molecule has 1 saturated carbocycles. The van der Waals surface area contributed by atoms with E-state index in [2.05, 4.69) is 25.1 Å². The molecule has 2 atom stereocenters. The molecule has 4 rings (SSSR count). The number of piperidine rings is 1. The highest BCUT2D eigenvalue weighted by atomic mass is 16.5. The first kappa shape index (κ1) is 17.5. The third kappa shape index (κ3) is 3.93. The molecule has 1 aromatic carbocycles. The number of carbonyl (C=O) groups excluding carboxylic acids is 2. The largest absolute Gasteiger partial charge is 0.374 e. The van der Waals surface area contributed by atoms with E-state index in [4.69, 9.17) is 4.74 Å². The molecule has 5 nitrogen and oxygen atoms in total. The van der Waals surface area contributed by atoms with Crippen LogP contribution in [-0.2, 0) is 20.9 Å². The number of hydrogen-bond donors (Lipinski definition) is 0. The number of hydrogen-bond acceptors (Lipinski definition) is 3. The Balaban J connectivity index is 1.40. The second-order valence-electron chi connectivity index (χ2n) is 8.04. The molecule has 1 aromatic rings. The molecule has 0 unspecified atom stereocenters. The Kier molecular flexibility index (Phi) is 4.98. The van der Waals surface area contributed by atoms with E-state index in [0.29, 0.717) is 51.5 Å². The highest BCUT2D eigenvalue weighted by Crippen LogP contribution is 2.34. The average Bonchev–Trinajstić information content (AvgIpc) is 3.45. The summed E-state index contributed by atoms with van der Waals surface area (Å²) in [5, 5.41) is 0. The quantitative estimate of drug-likeness (QED) is 0.832. The molecule has 0 bridgehead atoms. The second-order valence-corrected chi connectivity index (χ2v) is 8.04. The van der Waals surface area contributed by atoms with Crippen molar-refractivity contribution in [3.05, 3.63) is 35.4 Å². The zero-order valence-electron chi connectivity index (χ0n) is 15.5. The van der Waals surface area contributed by atoms with E-state index in [1.165, 1.54) is 18.4 Å². The van der Waals surface area contributed by atoms with Gasteiger partial charge >= 0.3 is 0 Å². The molecule has 3 aliphatic rings. The Morgan fingerprint density at radius 2 is 2.08 bits per heavy atom. The van der Waals surface area contributed by atoms with Gasteiger partial charge in [-0.3, -0.25) is 9.59 Å². The van der Waals surface area contributed by atoms with Gasteiger partial charge < -0.3 is 14.5 Å². The number of ether oxygens (including phenoxy) is 1. The summed E-state index contributed by atoms with van der Waals surface area (Å²) in [7, 11) is 0. The van der Waals surface area contributed by atoms with E-state index in [1.807, 2.05) is 15.9 Å². The fourth-order valence-electron chi connectivity index (χ4n) is 4.14. The lowest BCUT2D eigenvalue weighted by atomic mass is 9.92. The lowest BCUT2D eigenvalue weighted by Crippen LogP contribution is -2.51. The molecule has 5 heteroatoms. The molecule has 2 amide bonds. The molecule has 2 saturated heterocycles. The SMILES string of the molecule is Cc1cccc(CN2CCO[C@@H]3CN(C(=O)CC4CC4)CC[C@@H]3C2=O)c1. The first-order valence-corrected chi connectivity index (χ1v) is 9.84. The van der Waals surface area contributed by atoms with Crippen molar-refractivity contribution < 1.29 is 14.3 Å². The summed E-state index contributed by atoms with van der Waals surface area (Å²) in [4.78, 5) is 29.3. The van der Waals surface area contributed by atoms with E-state index in [-0.39, 0.29) is 23.8 Å². The van der Waals surface area contributed by atoms with Crippen LogP contribution in [0.25, 0.3) is 0 Å². The topological polar surface area (TPSA) is 49.9 Å². The van der Waals surface area contributed by atoms with Gasteiger partial charge in [0.05, 0.1) is 18.6 Å². The predicted octanol–water partition coefficient (Wildman–Crippen LogP) is 2.37. The van der Waals surface area contributed by atoms with Crippen molar-refractivity contribution >= 4 is 11.8 Å². The third-order valence-corrected chi connectivity index (χ3v) is 5.85. The number of benzene rings is 1. The molecule has 0 N–H and O–H groups in total. The van der Waals surface area contributed by atoms with E-state index in [1.54, 1.807) is 0 Å². The van der Waals surface area contributed by atoms with Crippen LogP contribution in [0.4, 0.5) is 0 Å². The van der Waals surface area contributed by atoms with Crippen LogP contribution in [-0.4, -0.2) is 54.0 Å². The van der Waals surface area contributed by atoms with Gasteiger partial charge in [0.25, 0.3) is 0 Å². The lowest BCUT2D eigenvalue weighted by molar-refractivity contribution is -0.145. The Bertz CT molecular complexity index is 686. The smallest absolute Gasteiger partial charge is 0.228 e. The minimum absolute atomic E-state index is 0.118. The van der Waals surface area contributed by atoms with Crippen LogP contribution < -0.4 is 0 Å². The normalized spacial score (nSPS) is 26.4. The van der Waals surface area contributed by atoms with Crippen molar-refractivity contribution in [3.8, 4) is 0 Å². The molecule has 0 spiro atoms. The molecule has 2 heterocycles. The number of carbonyl (C=O) groups is 2. The molecule has 0 radical (unpaired) electrons. The first-order valence-electron chi connectivity index (χ1n) is 9.84. The van der Waals surface area contributed by atoms with E-state index < -0.39 is 0 Å². The summed E-state index contributed by atoms with van der Waals surface area (Å²) in [5.74, 6) is 0.903. The van der Waals surface area contributed by atoms with Crippen molar-refractivity contribution in [2.45, 2.75) is 45.3 Å². The fourth-order valence-corrected chi connectivity index (χ4v) is 4.14. The van der Waals surface area contributed by atoms with Crippen LogP contribution in [0.2, 0.25) is 0 Å². The van der Waals surface area contributed by atoms with Gasteiger partial charge in [0.2, 0.25) is 11.8 Å². The van der Waals surface area contributed by atoms with Crippen LogP contribution in [0.5, 0.6) is 0 Å². The summed E-state index contributed by atoms with van der Waals surface area (Å²) in [6.07, 6.45) is 3.61. The zero-order chi connectivity index (χ0) is 18.1. The maximum Gasteiger partial charge on any atom is 0.228 e. The first-order chi connectivity index (χ1) is 12.6. The number of fused-ring (bicyclic) bond motifs is 1. The van der Waals surface area contributed by atoms with Crippen LogP contribution in [0.3, 0.4) is 0 Å². The van der Waals surface area contributed by atoms with E-state index in [0.717, 1.165) is 5.56 Å². The fraction of sp³-hybridized carbons (Fsp3) is 0.619. The number of likely N-dealkylation sites (tertiary alicyclic amines) is 1. The van der Waals surface area contributed by atoms with Gasteiger partial charge in [-0.25, -0.2) is 0 Å². The summed E-state index contributed by atoms with van der Waals surface area (Å²) in [6, 6.07) is 8.32. The van der Waals surface area contributed by atoms with Crippen LogP contribution in [0.15, 0.2) is 24.3 Å². The standard InChI is InChI=1S/C21H28N2O3/c1-15-3-2-4-17(11-15)13-23-9-10-26-19-14-22(8-7-18(19)21(23)25)20(24)12-16-5-6-16/h2-4,11,16,18-19H,5-10,12-14H2,1H3/t18-,19+/m0/s1. The Morgan fingerprint density at radius 3 is 2.85 bits per heavy atom. The molecule has 26 heavy (non-hydrogen) atoms. The van der Waals surface area contributed by atoms with Crippen LogP contribution >= 0.6 is 0 Å². The maximum atomic E-state index is 13.1. The number of amides is 2. The summed E-state index contributed by atoms with van der Waals surface area (Å²) >= 11 is 0. The minimum Gasteiger partial charge on any atom is -0.374 e. The van der Waals surface area contributed by atoms with Crippen LogP contribution in [0, 0.1) is 18.8 Å². The van der Waals surface area contributed by atoms with Crippen LogP contribution in [0.1, 0.15) is 36.8 Å². The highest BCUT2D eigenvalue weighted by Gasteiger charge is 2.40. The van der Waals surface area contributed by atoms with Gasteiger partial charge in [0.1, 0.15) is 0 Å². The van der Waals surface area contributed by atoms with Crippen molar-refractivity contribution in [2.75, 3.05) is 26.2 Å². The molecule has 3 fully saturated rings. The van der Waals surface area contributed by atoms with E-state index in [9.17, 15) is 9.59 Å². The summed E-state index contributed by atoms with van der Waals surface area (Å²) in [6.45, 7) is 5.12. The van der Waals surface area contributed by atoms with Gasteiger partial charge in [-0.2, -0.15) is 0 Å². The second kappa shape index (κ2) is 7.39. The summed E-state index contributed by atoms with van der Waals surface area (Å²) < 4.78 is 6.01. The van der Waals surface area contributed by atoms with E-state index >= 15 is 0 Å². The van der Waals surface area contributed by atoms with Gasteiger partial charge in [-0.15, -0.1) is 0 Å². The monoisotopic (exact) mass is 356 g/mol. The van der Waals surface area contributed by atoms with Crippen molar-refractivity contribution in [1.29, 1.82) is 0 Å². The molecular weight excluding hydrogens is 328 g/mol. The molecule has 1 aliphatic carbocycles.